The first-order chi connectivity index (χ1) is 12.7. The molecule has 0 rings (SSSR count). The van der Waals surface area contributed by atoms with Crippen LogP contribution in [0, 0.1) is 0 Å². The van der Waals surface area contributed by atoms with Gasteiger partial charge in [-0.05, 0) is 12.8 Å². The molecule has 0 aliphatic rings. The van der Waals surface area contributed by atoms with Crippen LogP contribution in [0.5, 0.6) is 0 Å². The third-order valence-electron chi connectivity index (χ3n) is 5.26. The van der Waals surface area contributed by atoms with Crippen molar-refractivity contribution < 1.29 is 9.59 Å². The van der Waals surface area contributed by atoms with Gasteiger partial charge in [0.25, 0.3) is 0 Å². The van der Waals surface area contributed by atoms with Crippen molar-refractivity contribution in [3.63, 3.8) is 0 Å². The van der Waals surface area contributed by atoms with Gasteiger partial charge in [-0.15, -0.1) is 0 Å². The Morgan fingerprint density at radius 1 is 0.423 bits per heavy atom. The maximum Gasteiger partial charge on any atom is 0.140 e. The molecule has 0 saturated carbocycles. The highest BCUT2D eigenvalue weighted by Crippen LogP contribution is 2.13. The van der Waals surface area contributed by atoms with Crippen molar-refractivity contribution in [1.29, 1.82) is 0 Å². The van der Waals surface area contributed by atoms with Crippen molar-refractivity contribution in [3.05, 3.63) is 0 Å². The van der Waals surface area contributed by atoms with E-state index in [0.717, 1.165) is 32.1 Å². The van der Waals surface area contributed by atoms with E-state index >= 15 is 0 Å². The van der Waals surface area contributed by atoms with Gasteiger partial charge in [-0.3, -0.25) is 9.59 Å². The first kappa shape index (κ1) is 25.3. The Morgan fingerprint density at radius 2 is 0.692 bits per heavy atom. The van der Waals surface area contributed by atoms with Crippen LogP contribution >= 0.6 is 0 Å². The van der Waals surface area contributed by atoms with Gasteiger partial charge < -0.3 is 0 Å². The molecular formula is C24H46O2. The Balaban J connectivity index is 3.23. The van der Waals surface area contributed by atoms with Gasteiger partial charge in [-0.2, -0.15) is 0 Å². The Kier molecular flexibility index (Phi) is 20.1. The second-order valence-electron chi connectivity index (χ2n) is 8.06. The van der Waals surface area contributed by atoms with Crippen molar-refractivity contribution in [1.82, 2.24) is 0 Å². The van der Waals surface area contributed by atoms with Crippen LogP contribution in [-0.2, 0) is 9.59 Å². The van der Waals surface area contributed by atoms with E-state index in [0.29, 0.717) is 12.8 Å². The summed E-state index contributed by atoms with van der Waals surface area (Å²) in [5.41, 5.74) is 0. The number of carbonyl (C=O) groups is 2. The summed E-state index contributed by atoms with van der Waals surface area (Å²) in [5.74, 6) is 0.305. The Labute approximate surface area is 163 Å². The lowest BCUT2D eigenvalue weighted by molar-refractivity contribution is -0.127. The van der Waals surface area contributed by atoms with Gasteiger partial charge in [0.1, 0.15) is 11.6 Å². The van der Waals surface area contributed by atoms with Gasteiger partial charge in [0, 0.05) is 12.8 Å². The maximum absolute atomic E-state index is 11.8. The monoisotopic (exact) mass is 366 g/mol. The fourth-order valence-corrected chi connectivity index (χ4v) is 3.49. The molecule has 0 unspecified atom stereocenters. The van der Waals surface area contributed by atoms with Gasteiger partial charge in [0.2, 0.25) is 0 Å². The summed E-state index contributed by atoms with van der Waals surface area (Å²) in [6.07, 6.45) is 23.2. The predicted octanol–water partition coefficient (Wildman–Crippen LogP) is 7.97. The summed E-state index contributed by atoms with van der Waals surface area (Å²) < 4.78 is 0. The summed E-state index contributed by atoms with van der Waals surface area (Å²) in [7, 11) is 0. The molecule has 0 bridgehead atoms. The van der Waals surface area contributed by atoms with Crippen molar-refractivity contribution in [2.24, 2.45) is 0 Å². The highest BCUT2D eigenvalue weighted by molar-refractivity contribution is 5.98. The number of hydrogen-bond acceptors (Lipinski definition) is 2. The van der Waals surface area contributed by atoms with E-state index < -0.39 is 0 Å². The first-order valence-electron chi connectivity index (χ1n) is 11.7. The van der Waals surface area contributed by atoms with Crippen LogP contribution in [0.3, 0.4) is 0 Å². The van der Waals surface area contributed by atoms with Crippen LogP contribution < -0.4 is 0 Å². The van der Waals surface area contributed by atoms with E-state index in [1.54, 1.807) is 0 Å². The zero-order valence-corrected chi connectivity index (χ0v) is 18.0. The summed E-state index contributed by atoms with van der Waals surface area (Å²) in [4.78, 5) is 23.4. The molecule has 0 atom stereocenters. The number of Topliss-reactive ketones (excluding diaryl/α,β-unsaturated/α-hetero) is 2. The summed E-state index contributed by atoms with van der Waals surface area (Å²) >= 11 is 0. The fourth-order valence-electron chi connectivity index (χ4n) is 3.49. The van der Waals surface area contributed by atoms with Crippen LogP contribution in [0.1, 0.15) is 142 Å². The van der Waals surface area contributed by atoms with Crippen LogP contribution in [0.25, 0.3) is 0 Å². The zero-order chi connectivity index (χ0) is 19.3. The number of unbranched alkanes of at least 4 members (excludes halogenated alkanes) is 15. The van der Waals surface area contributed by atoms with Crippen LogP contribution in [0.2, 0.25) is 0 Å². The molecule has 0 N–H and O–H groups in total. The Morgan fingerprint density at radius 3 is 1.08 bits per heavy atom. The van der Waals surface area contributed by atoms with E-state index in [1.165, 1.54) is 77.0 Å². The predicted molar refractivity (Wildman–Crippen MR) is 114 cm³/mol. The standard InChI is InChI=1S/C24H46O2/c1-3-5-7-8-9-10-11-12-13-14-15-16-17-19-21-24(26)22-23(25)20-18-6-4-2/h3-22H2,1-2H3. The van der Waals surface area contributed by atoms with E-state index in [1.807, 2.05) is 0 Å². The number of hydrogen-bond donors (Lipinski definition) is 0. The number of ketones is 2. The lowest BCUT2D eigenvalue weighted by Crippen LogP contribution is -2.07. The first-order valence-corrected chi connectivity index (χ1v) is 11.7. The van der Waals surface area contributed by atoms with Gasteiger partial charge in [0.15, 0.2) is 0 Å². The molecule has 2 heteroatoms. The highest BCUT2D eigenvalue weighted by atomic mass is 16.1. The summed E-state index contributed by atoms with van der Waals surface area (Å²) in [5, 5.41) is 0. The molecule has 0 heterocycles. The van der Waals surface area contributed by atoms with Crippen LogP contribution in [0.15, 0.2) is 0 Å². The van der Waals surface area contributed by atoms with Crippen molar-refractivity contribution in [2.45, 2.75) is 142 Å². The van der Waals surface area contributed by atoms with Crippen molar-refractivity contribution >= 4 is 11.6 Å². The smallest absolute Gasteiger partial charge is 0.140 e. The van der Waals surface area contributed by atoms with Gasteiger partial charge in [0.05, 0.1) is 6.42 Å². The van der Waals surface area contributed by atoms with Gasteiger partial charge in [-0.1, -0.05) is 110 Å². The lowest BCUT2D eigenvalue weighted by Gasteiger charge is -2.03. The molecule has 0 aromatic rings. The lowest BCUT2D eigenvalue weighted by atomic mass is 10.0. The maximum atomic E-state index is 11.8. The minimum Gasteiger partial charge on any atom is -0.299 e. The number of carbonyl (C=O) groups excluding carboxylic acids is 2. The minimum atomic E-state index is 0.147. The van der Waals surface area contributed by atoms with E-state index in [4.69, 9.17) is 0 Å². The molecule has 0 spiro atoms. The Hall–Kier alpha value is -0.660. The molecule has 0 fully saturated rings. The summed E-state index contributed by atoms with van der Waals surface area (Å²) in [6.45, 7) is 4.40. The molecule has 0 radical (unpaired) electrons. The second kappa shape index (κ2) is 20.6. The average Bonchev–Trinajstić information content (AvgIpc) is 2.62. The fraction of sp³-hybridized carbons (Fsp3) is 0.917. The molecule has 0 aliphatic heterocycles. The van der Waals surface area contributed by atoms with E-state index in [-0.39, 0.29) is 18.0 Å². The van der Waals surface area contributed by atoms with Gasteiger partial charge >= 0.3 is 0 Å². The van der Waals surface area contributed by atoms with Gasteiger partial charge in [-0.25, -0.2) is 0 Å². The molecule has 0 aromatic carbocycles. The molecule has 2 nitrogen and oxygen atoms in total. The minimum absolute atomic E-state index is 0.147. The van der Waals surface area contributed by atoms with E-state index in [9.17, 15) is 9.59 Å². The normalized spacial score (nSPS) is 11.0. The molecule has 26 heavy (non-hydrogen) atoms. The molecule has 0 amide bonds. The van der Waals surface area contributed by atoms with Crippen LogP contribution in [0.4, 0.5) is 0 Å². The third kappa shape index (κ3) is 19.7. The van der Waals surface area contributed by atoms with E-state index in [2.05, 4.69) is 13.8 Å². The molecule has 0 aromatic heterocycles. The SMILES string of the molecule is CCCCCCCCCCCCCCCCC(=O)CC(=O)CCCCC. The number of rotatable bonds is 21. The summed E-state index contributed by atoms with van der Waals surface area (Å²) in [6, 6.07) is 0. The molecule has 0 saturated heterocycles. The molecule has 154 valence electrons. The average molecular weight is 367 g/mol. The Bertz CT molecular complexity index is 322. The molecular weight excluding hydrogens is 320 g/mol. The zero-order valence-electron chi connectivity index (χ0n) is 18.0. The highest BCUT2D eigenvalue weighted by Gasteiger charge is 2.08. The second-order valence-corrected chi connectivity index (χ2v) is 8.06. The quantitative estimate of drug-likeness (QED) is 0.152. The topological polar surface area (TPSA) is 34.1 Å². The van der Waals surface area contributed by atoms with Crippen molar-refractivity contribution in [3.8, 4) is 0 Å². The van der Waals surface area contributed by atoms with Crippen LogP contribution in [-0.4, -0.2) is 11.6 Å². The largest absolute Gasteiger partial charge is 0.299 e. The van der Waals surface area contributed by atoms with Crippen molar-refractivity contribution in [2.75, 3.05) is 0 Å². The third-order valence-corrected chi connectivity index (χ3v) is 5.26. The molecule has 0 aliphatic carbocycles.